The fourth-order valence-electron chi connectivity index (χ4n) is 2.38. The number of Topliss-reactive ketones (excluding diaryl/α,β-unsaturated/α-hetero) is 1. The zero-order chi connectivity index (χ0) is 22.5. The molecule has 0 aliphatic rings. The molecule has 3 N–H and O–H groups in total. The summed E-state index contributed by atoms with van der Waals surface area (Å²) in [6, 6.07) is 19.0. The highest BCUT2D eigenvalue weighted by atomic mass is 32.1. The maximum Gasteiger partial charge on any atom is 0.188 e. The Labute approximate surface area is 188 Å². The lowest BCUT2D eigenvalue weighted by Gasteiger charge is -2.00. The minimum absolute atomic E-state index is 0.236. The van der Waals surface area contributed by atoms with Gasteiger partial charge in [-0.2, -0.15) is 0 Å². The molecule has 0 fully saturated rings. The van der Waals surface area contributed by atoms with Crippen LogP contribution in [0.5, 0.6) is 0 Å². The maximum atomic E-state index is 10.8. The van der Waals surface area contributed by atoms with Gasteiger partial charge in [-0.05, 0) is 30.0 Å². The summed E-state index contributed by atoms with van der Waals surface area (Å²) in [5, 5.41) is 14.6. The lowest BCUT2D eigenvalue weighted by molar-refractivity contribution is 0.0903. The van der Waals surface area contributed by atoms with Gasteiger partial charge in [0.1, 0.15) is 6.61 Å². The normalized spacial score (nSPS) is 9.37. The Balaban J connectivity index is 0.000000247. The quantitative estimate of drug-likeness (QED) is 0.425. The Hall–Kier alpha value is -2.81. The van der Waals surface area contributed by atoms with Gasteiger partial charge < -0.3 is 24.9 Å². The molecule has 0 spiro atoms. The van der Waals surface area contributed by atoms with Gasteiger partial charge in [-0.1, -0.05) is 60.7 Å². The molecule has 0 saturated heterocycles. The van der Waals surface area contributed by atoms with Crippen molar-refractivity contribution in [2.45, 2.75) is 0 Å². The van der Waals surface area contributed by atoms with Crippen LogP contribution in [0, 0.1) is 4.77 Å². The molecule has 8 heteroatoms. The van der Waals surface area contributed by atoms with Crippen LogP contribution in [0.4, 0.5) is 0 Å². The third kappa shape index (κ3) is 7.90. The van der Waals surface area contributed by atoms with E-state index in [-0.39, 0.29) is 5.78 Å². The maximum absolute atomic E-state index is 10.8. The third-order valence-electron chi connectivity index (χ3n) is 4.03. The van der Waals surface area contributed by atoms with Gasteiger partial charge in [0.25, 0.3) is 0 Å². The van der Waals surface area contributed by atoms with E-state index < -0.39 is 6.61 Å². The Morgan fingerprint density at radius 1 is 0.967 bits per heavy atom. The SMILES string of the molecule is CNC(=S)NC.Cn1cc(-c2ccccc2)n(C)c1=S.O=C(CO)c1ccccc1. The summed E-state index contributed by atoms with van der Waals surface area (Å²) in [5.74, 6) is -0.236. The topological polar surface area (TPSA) is 71.2 Å². The molecule has 0 unspecified atom stereocenters. The van der Waals surface area contributed by atoms with Crippen molar-refractivity contribution in [3.05, 3.63) is 77.2 Å². The fraction of sp³-hybridized carbons (Fsp3) is 0.227. The number of aromatic nitrogens is 2. The molecule has 3 rings (SSSR count). The van der Waals surface area contributed by atoms with Crippen LogP contribution in [-0.4, -0.2) is 45.8 Å². The summed E-state index contributed by atoms with van der Waals surface area (Å²) in [7, 11) is 7.51. The van der Waals surface area contributed by atoms with Crippen LogP contribution in [0.2, 0.25) is 0 Å². The predicted octanol–water partition coefficient (Wildman–Crippen LogP) is 3.33. The molecule has 6 nitrogen and oxygen atoms in total. The van der Waals surface area contributed by atoms with Crippen molar-refractivity contribution in [3.8, 4) is 11.3 Å². The lowest BCUT2D eigenvalue weighted by atomic mass is 10.1. The van der Waals surface area contributed by atoms with Crippen molar-refractivity contribution in [1.82, 2.24) is 19.8 Å². The van der Waals surface area contributed by atoms with Gasteiger partial charge in [0, 0.05) is 40.0 Å². The lowest BCUT2D eigenvalue weighted by Crippen LogP contribution is -2.28. The van der Waals surface area contributed by atoms with Gasteiger partial charge in [-0.3, -0.25) is 4.79 Å². The average Bonchev–Trinajstić information content (AvgIpc) is 3.07. The van der Waals surface area contributed by atoms with Crippen molar-refractivity contribution in [2.75, 3.05) is 20.7 Å². The number of carbonyl (C=O) groups is 1. The van der Waals surface area contributed by atoms with Crippen LogP contribution < -0.4 is 10.6 Å². The van der Waals surface area contributed by atoms with E-state index in [0.29, 0.717) is 10.7 Å². The molecule has 1 heterocycles. The van der Waals surface area contributed by atoms with Crippen molar-refractivity contribution >= 4 is 35.3 Å². The van der Waals surface area contributed by atoms with Crippen molar-refractivity contribution in [1.29, 1.82) is 0 Å². The fourth-order valence-corrected chi connectivity index (χ4v) is 2.53. The number of imidazole rings is 1. The van der Waals surface area contributed by atoms with Crippen LogP contribution in [0.3, 0.4) is 0 Å². The zero-order valence-corrected chi connectivity index (χ0v) is 19.3. The van der Waals surface area contributed by atoms with E-state index in [9.17, 15) is 4.79 Å². The second-order valence-corrected chi connectivity index (χ2v) is 6.88. The molecule has 3 aromatic rings. The van der Waals surface area contributed by atoms with Gasteiger partial charge >= 0.3 is 0 Å². The molecule has 0 radical (unpaired) electrons. The number of benzene rings is 2. The summed E-state index contributed by atoms with van der Waals surface area (Å²) in [6.07, 6.45) is 2.05. The second-order valence-electron chi connectivity index (χ2n) is 6.11. The van der Waals surface area contributed by atoms with Crippen molar-refractivity contribution in [2.24, 2.45) is 14.1 Å². The van der Waals surface area contributed by atoms with Crippen molar-refractivity contribution in [3.63, 3.8) is 0 Å². The van der Waals surface area contributed by atoms with E-state index in [4.69, 9.17) is 17.3 Å². The monoisotopic (exact) mass is 444 g/mol. The van der Waals surface area contributed by atoms with Gasteiger partial charge in [0.2, 0.25) is 0 Å². The number of carbonyl (C=O) groups excluding carboxylic acids is 1. The van der Waals surface area contributed by atoms with E-state index in [1.54, 1.807) is 38.4 Å². The molecule has 0 aliphatic heterocycles. The van der Waals surface area contributed by atoms with Crippen molar-refractivity contribution < 1.29 is 9.90 Å². The molecule has 2 aromatic carbocycles. The first kappa shape index (κ1) is 25.2. The first-order chi connectivity index (χ1) is 14.3. The minimum Gasteiger partial charge on any atom is -0.388 e. The smallest absolute Gasteiger partial charge is 0.188 e. The first-order valence-corrected chi connectivity index (χ1v) is 10.0. The number of aliphatic hydroxyl groups excluding tert-OH is 1. The number of hydrogen-bond donors (Lipinski definition) is 3. The molecule has 30 heavy (non-hydrogen) atoms. The second kappa shape index (κ2) is 13.4. The van der Waals surface area contributed by atoms with E-state index in [2.05, 4.69) is 41.2 Å². The Morgan fingerprint density at radius 2 is 1.47 bits per heavy atom. The molecular weight excluding hydrogens is 416 g/mol. The standard InChI is InChI=1S/C11H12N2S.C8H8O2.C3H8N2S/c1-12-8-10(13(2)11(12)14)9-6-4-3-5-7-9;9-6-8(10)7-4-2-1-3-5-7;1-4-3(6)5-2/h3-8H,1-2H3;1-5,9H,6H2;1-2H3,(H2,4,5,6). The van der Waals surface area contributed by atoms with Gasteiger partial charge in [-0.15, -0.1) is 0 Å². The van der Waals surface area contributed by atoms with E-state index in [1.165, 1.54) is 5.56 Å². The Morgan fingerprint density at radius 3 is 1.83 bits per heavy atom. The highest BCUT2D eigenvalue weighted by Crippen LogP contribution is 2.18. The van der Waals surface area contributed by atoms with Crippen LogP contribution in [0.1, 0.15) is 10.4 Å². The molecular formula is C22H28N4O2S2. The molecule has 0 atom stereocenters. The summed E-state index contributed by atoms with van der Waals surface area (Å²) in [5.41, 5.74) is 2.91. The molecule has 0 aliphatic carbocycles. The van der Waals surface area contributed by atoms with Crippen LogP contribution in [-0.2, 0) is 14.1 Å². The molecule has 160 valence electrons. The number of aliphatic hydroxyl groups is 1. The molecule has 1 aromatic heterocycles. The highest BCUT2D eigenvalue weighted by molar-refractivity contribution is 7.80. The molecule has 0 saturated carbocycles. The number of rotatable bonds is 3. The predicted molar refractivity (Wildman–Crippen MR) is 129 cm³/mol. The van der Waals surface area contributed by atoms with Crippen LogP contribution in [0.25, 0.3) is 11.3 Å². The third-order valence-corrected chi connectivity index (χ3v) is 5.00. The van der Waals surface area contributed by atoms with Gasteiger partial charge in [0.05, 0.1) is 5.69 Å². The number of aryl methyl sites for hydroxylation is 1. The highest BCUT2D eigenvalue weighted by Gasteiger charge is 2.04. The first-order valence-electron chi connectivity index (χ1n) is 9.22. The Bertz CT molecular complexity index is 977. The van der Waals surface area contributed by atoms with Crippen LogP contribution in [0.15, 0.2) is 66.9 Å². The number of thiocarbonyl (C=S) groups is 1. The van der Waals surface area contributed by atoms with E-state index >= 15 is 0 Å². The van der Waals surface area contributed by atoms with E-state index in [1.807, 2.05) is 47.5 Å². The Kier molecular flexibility index (Phi) is 11.3. The number of nitrogens with zero attached hydrogens (tertiary/aromatic N) is 2. The van der Waals surface area contributed by atoms with Gasteiger partial charge in [-0.25, -0.2) is 0 Å². The summed E-state index contributed by atoms with van der Waals surface area (Å²) in [4.78, 5) is 10.8. The van der Waals surface area contributed by atoms with Gasteiger partial charge in [0.15, 0.2) is 15.7 Å². The number of ketones is 1. The minimum atomic E-state index is -0.413. The molecule has 0 amide bonds. The van der Waals surface area contributed by atoms with Crippen LogP contribution >= 0.6 is 24.4 Å². The average molecular weight is 445 g/mol. The summed E-state index contributed by atoms with van der Waals surface area (Å²) >= 11 is 9.88. The zero-order valence-electron chi connectivity index (χ0n) is 17.6. The van der Waals surface area contributed by atoms with E-state index in [0.717, 1.165) is 10.5 Å². The number of nitrogens with one attached hydrogen (secondary N) is 2. The largest absolute Gasteiger partial charge is 0.388 e. The summed E-state index contributed by atoms with van der Waals surface area (Å²) < 4.78 is 4.81. The number of hydrogen-bond acceptors (Lipinski definition) is 4. The summed E-state index contributed by atoms with van der Waals surface area (Å²) in [6.45, 7) is -0.413. The molecule has 0 bridgehead atoms.